The molecule has 1 aromatic carbocycles. The number of rotatable bonds is 3. The highest BCUT2D eigenvalue weighted by Crippen LogP contribution is 2.28. The summed E-state index contributed by atoms with van der Waals surface area (Å²) in [5, 5.41) is 4.24. The van der Waals surface area contributed by atoms with Gasteiger partial charge in [0.1, 0.15) is 11.5 Å². The SMILES string of the molecule is CNCc1ccc(-c2cc(Cl)cc(Cl)c2)o1. The van der Waals surface area contributed by atoms with Crippen molar-refractivity contribution in [3.8, 4) is 11.3 Å². The molecule has 0 spiro atoms. The van der Waals surface area contributed by atoms with Crippen LogP contribution in [0.1, 0.15) is 5.76 Å². The van der Waals surface area contributed by atoms with Gasteiger partial charge < -0.3 is 9.73 Å². The standard InChI is InChI=1S/C12H11Cl2NO/c1-15-7-11-2-3-12(16-11)8-4-9(13)6-10(14)5-8/h2-6,15H,7H2,1H3. The van der Waals surface area contributed by atoms with E-state index in [2.05, 4.69) is 5.32 Å². The van der Waals surface area contributed by atoms with Gasteiger partial charge in [-0.25, -0.2) is 0 Å². The van der Waals surface area contributed by atoms with E-state index >= 15 is 0 Å². The summed E-state index contributed by atoms with van der Waals surface area (Å²) in [5.41, 5.74) is 0.889. The molecule has 4 heteroatoms. The van der Waals surface area contributed by atoms with Gasteiger partial charge >= 0.3 is 0 Å². The second kappa shape index (κ2) is 4.91. The van der Waals surface area contributed by atoms with Gasteiger partial charge in [-0.05, 0) is 37.4 Å². The number of hydrogen-bond donors (Lipinski definition) is 1. The van der Waals surface area contributed by atoms with Gasteiger partial charge in [0.15, 0.2) is 0 Å². The monoisotopic (exact) mass is 255 g/mol. The van der Waals surface area contributed by atoms with Gasteiger partial charge in [0.05, 0.1) is 6.54 Å². The van der Waals surface area contributed by atoms with E-state index in [9.17, 15) is 0 Å². The molecule has 16 heavy (non-hydrogen) atoms. The molecule has 0 saturated carbocycles. The quantitative estimate of drug-likeness (QED) is 0.898. The van der Waals surface area contributed by atoms with Crippen LogP contribution >= 0.6 is 23.2 Å². The Morgan fingerprint density at radius 2 is 1.81 bits per heavy atom. The van der Waals surface area contributed by atoms with Gasteiger partial charge in [0.25, 0.3) is 0 Å². The van der Waals surface area contributed by atoms with Crippen LogP contribution in [-0.2, 0) is 6.54 Å². The summed E-state index contributed by atoms with van der Waals surface area (Å²) in [7, 11) is 1.87. The van der Waals surface area contributed by atoms with Gasteiger partial charge in [0.2, 0.25) is 0 Å². The third kappa shape index (κ3) is 2.59. The van der Waals surface area contributed by atoms with Crippen LogP contribution in [0.15, 0.2) is 34.7 Å². The fourth-order valence-corrected chi connectivity index (χ4v) is 2.02. The van der Waals surface area contributed by atoms with Crippen LogP contribution in [0.3, 0.4) is 0 Å². The second-order valence-corrected chi connectivity index (χ2v) is 4.33. The Hall–Kier alpha value is -0.960. The van der Waals surface area contributed by atoms with E-state index in [0.29, 0.717) is 16.6 Å². The minimum absolute atomic E-state index is 0.606. The molecule has 0 unspecified atom stereocenters. The van der Waals surface area contributed by atoms with E-state index < -0.39 is 0 Å². The van der Waals surface area contributed by atoms with E-state index in [4.69, 9.17) is 27.6 Å². The van der Waals surface area contributed by atoms with Crippen LogP contribution in [-0.4, -0.2) is 7.05 Å². The highest BCUT2D eigenvalue weighted by Gasteiger charge is 2.06. The van der Waals surface area contributed by atoms with Crippen molar-refractivity contribution < 1.29 is 4.42 Å². The summed E-state index contributed by atoms with van der Waals surface area (Å²) >= 11 is 11.9. The fraction of sp³-hybridized carbons (Fsp3) is 0.167. The van der Waals surface area contributed by atoms with Gasteiger partial charge in [-0.15, -0.1) is 0 Å². The van der Waals surface area contributed by atoms with Crippen molar-refractivity contribution in [1.29, 1.82) is 0 Å². The number of furan rings is 1. The molecule has 0 atom stereocenters. The fourth-order valence-electron chi connectivity index (χ4n) is 1.50. The van der Waals surface area contributed by atoms with Crippen molar-refractivity contribution in [3.63, 3.8) is 0 Å². The Morgan fingerprint density at radius 1 is 1.12 bits per heavy atom. The van der Waals surface area contributed by atoms with Crippen LogP contribution < -0.4 is 5.32 Å². The normalized spacial score (nSPS) is 10.7. The molecule has 84 valence electrons. The molecule has 1 heterocycles. The number of nitrogens with one attached hydrogen (secondary N) is 1. The zero-order valence-corrected chi connectivity index (χ0v) is 10.3. The van der Waals surface area contributed by atoms with Crippen LogP contribution in [0.5, 0.6) is 0 Å². The smallest absolute Gasteiger partial charge is 0.134 e. The molecule has 1 N–H and O–H groups in total. The Morgan fingerprint density at radius 3 is 2.44 bits per heavy atom. The first-order valence-corrected chi connectivity index (χ1v) is 5.64. The van der Waals surface area contributed by atoms with Crippen molar-refractivity contribution in [2.75, 3.05) is 7.05 Å². The van der Waals surface area contributed by atoms with Crippen LogP contribution in [0.4, 0.5) is 0 Å². The molecule has 0 amide bonds. The molecule has 0 aliphatic rings. The molecule has 0 saturated heterocycles. The molecule has 0 aliphatic carbocycles. The predicted molar refractivity (Wildman–Crippen MR) is 66.9 cm³/mol. The Labute approximate surface area is 104 Å². The average molecular weight is 256 g/mol. The van der Waals surface area contributed by atoms with E-state index in [1.54, 1.807) is 6.07 Å². The minimum Gasteiger partial charge on any atom is -0.460 e. The van der Waals surface area contributed by atoms with E-state index in [1.807, 2.05) is 31.3 Å². The van der Waals surface area contributed by atoms with Crippen molar-refractivity contribution in [2.24, 2.45) is 0 Å². The van der Waals surface area contributed by atoms with Gasteiger partial charge in [-0.1, -0.05) is 23.2 Å². The first kappa shape index (κ1) is 11.5. The highest BCUT2D eigenvalue weighted by atomic mass is 35.5. The summed E-state index contributed by atoms with van der Waals surface area (Å²) in [6.07, 6.45) is 0. The lowest BCUT2D eigenvalue weighted by atomic mass is 10.2. The van der Waals surface area contributed by atoms with E-state index in [0.717, 1.165) is 17.1 Å². The lowest BCUT2D eigenvalue weighted by Crippen LogP contribution is -2.03. The molecular formula is C12H11Cl2NO. The predicted octanol–water partition coefficient (Wildman–Crippen LogP) is 3.97. The maximum atomic E-state index is 5.93. The summed E-state index contributed by atoms with van der Waals surface area (Å²) in [6.45, 7) is 0.703. The number of hydrogen-bond acceptors (Lipinski definition) is 2. The van der Waals surface area contributed by atoms with Crippen molar-refractivity contribution in [2.45, 2.75) is 6.54 Å². The van der Waals surface area contributed by atoms with Crippen molar-refractivity contribution in [3.05, 3.63) is 46.1 Å². The number of benzene rings is 1. The topological polar surface area (TPSA) is 25.2 Å². The lowest BCUT2D eigenvalue weighted by molar-refractivity contribution is 0.507. The molecule has 2 rings (SSSR count). The molecule has 2 aromatic rings. The Bertz CT molecular complexity index is 473. The maximum absolute atomic E-state index is 5.93. The lowest BCUT2D eigenvalue weighted by Gasteiger charge is -2.00. The minimum atomic E-state index is 0.606. The maximum Gasteiger partial charge on any atom is 0.134 e. The Kier molecular flexibility index (Phi) is 3.54. The molecule has 0 aliphatic heterocycles. The van der Waals surface area contributed by atoms with Crippen molar-refractivity contribution >= 4 is 23.2 Å². The van der Waals surface area contributed by atoms with Gasteiger partial charge in [-0.2, -0.15) is 0 Å². The average Bonchev–Trinajstić information content (AvgIpc) is 2.65. The molecule has 0 bridgehead atoms. The summed E-state index contributed by atoms with van der Waals surface area (Å²) < 4.78 is 5.64. The van der Waals surface area contributed by atoms with Crippen LogP contribution in [0.2, 0.25) is 10.0 Å². The molecule has 0 radical (unpaired) electrons. The zero-order chi connectivity index (χ0) is 11.5. The molecule has 1 aromatic heterocycles. The molecule has 0 fully saturated rings. The number of halogens is 2. The largest absolute Gasteiger partial charge is 0.460 e. The highest BCUT2D eigenvalue weighted by molar-refractivity contribution is 6.35. The third-order valence-electron chi connectivity index (χ3n) is 2.16. The van der Waals surface area contributed by atoms with Gasteiger partial charge in [0, 0.05) is 15.6 Å². The molecular weight excluding hydrogens is 245 g/mol. The third-order valence-corrected chi connectivity index (χ3v) is 2.60. The second-order valence-electron chi connectivity index (χ2n) is 3.45. The van der Waals surface area contributed by atoms with Crippen molar-refractivity contribution in [1.82, 2.24) is 5.32 Å². The summed E-state index contributed by atoms with van der Waals surface area (Å²) in [4.78, 5) is 0. The first-order chi connectivity index (χ1) is 7.69. The van der Waals surface area contributed by atoms with Gasteiger partial charge in [-0.3, -0.25) is 0 Å². The van der Waals surface area contributed by atoms with Crippen LogP contribution in [0.25, 0.3) is 11.3 Å². The van der Waals surface area contributed by atoms with E-state index in [1.165, 1.54) is 0 Å². The summed E-state index contributed by atoms with van der Waals surface area (Å²) in [5.74, 6) is 1.66. The first-order valence-electron chi connectivity index (χ1n) is 4.89. The zero-order valence-electron chi connectivity index (χ0n) is 8.76. The van der Waals surface area contributed by atoms with Crippen LogP contribution in [0, 0.1) is 0 Å². The molecule has 2 nitrogen and oxygen atoms in total. The Balaban J connectivity index is 2.34. The van der Waals surface area contributed by atoms with E-state index in [-0.39, 0.29) is 0 Å². The summed E-state index contributed by atoms with van der Waals surface area (Å²) in [6, 6.07) is 9.20.